The number of hydrogen-bond acceptors (Lipinski definition) is 6. The Labute approximate surface area is 286 Å². The van der Waals surface area contributed by atoms with Gasteiger partial charge < -0.3 is 23.8 Å². The van der Waals surface area contributed by atoms with Crippen molar-refractivity contribution in [3.63, 3.8) is 0 Å². The number of hydrogen-bond donors (Lipinski definition) is 1. The van der Waals surface area contributed by atoms with Crippen molar-refractivity contribution in [2.45, 2.75) is 142 Å². The maximum atomic E-state index is 12.6. The summed E-state index contributed by atoms with van der Waals surface area (Å²) >= 11 is 0. The van der Waals surface area contributed by atoms with Crippen LogP contribution in [0.5, 0.6) is 0 Å². The number of carbonyl (C=O) groups is 3. The van der Waals surface area contributed by atoms with Crippen molar-refractivity contribution in [3.05, 3.63) is 48.6 Å². The van der Waals surface area contributed by atoms with E-state index in [1.165, 1.54) is 25.7 Å². The van der Waals surface area contributed by atoms with E-state index in [0.29, 0.717) is 19.3 Å². The lowest BCUT2D eigenvalue weighted by atomic mass is 10.1. The topological polar surface area (TPSA) is 99.1 Å². The maximum Gasteiger partial charge on any atom is 0.362 e. The van der Waals surface area contributed by atoms with Crippen molar-refractivity contribution in [2.75, 3.05) is 41.0 Å². The van der Waals surface area contributed by atoms with Gasteiger partial charge in [-0.25, -0.2) is 4.79 Å². The van der Waals surface area contributed by atoms with Crippen molar-refractivity contribution in [3.8, 4) is 0 Å². The molecule has 0 heterocycles. The second kappa shape index (κ2) is 30.6. The molecule has 8 nitrogen and oxygen atoms in total. The van der Waals surface area contributed by atoms with Crippen LogP contribution >= 0.6 is 0 Å². The largest absolute Gasteiger partial charge is 0.477 e. The zero-order valence-corrected chi connectivity index (χ0v) is 30.5. The molecule has 2 atom stereocenters. The molecule has 8 heteroatoms. The van der Waals surface area contributed by atoms with Crippen LogP contribution in [0.1, 0.15) is 129 Å². The summed E-state index contributed by atoms with van der Waals surface area (Å²) in [6.45, 7) is 4.50. The fraction of sp³-hybridized carbons (Fsp3) is 0.718. The van der Waals surface area contributed by atoms with Crippen LogP contribution in [-0.4, -0.2) is 80.6 Å². The molecule has 1 N–H and O–H groups in total. The molecular formula is C39H68NO7+. The van der Waals surface area contributed by atoms with Gasteiger partial charge in [0.1, 0.15) is 6.61 Å². The molecule has 0 aliphatic rings. The summed E-state index contributed by atoms with van der Waals surface area (Å²) in [6, 6.07) is -0.621. The number of rotatable bonds is 31. The molecule has 0 saturated heterocycles. The molecule has 0 saturated carbocycles. The predicted molar refractivity (Wildman–Crippen MR) is 192 cm³/mol. The van der Waals surface area contributed by atoms with Crippen molar-refractivity contribution in [1.82, 2.24) is 0 Å². The number of aliphatic carboxylic acids is 1. The first-order chi connectivity index (χ1) is 22.6. The van der Waals surface area contributed by atoms with Gasteiger partial charge in [-0.05, 0) is 64.2 Å². The van der Waals surface area contributed by atoms with E-state index in [0.717, 1.165) is 64.2 Å². The van der Waals surface area contributed by atoms with Gasteiger partial charge >= 0.3 is 17.9 Å². The smallest absolute Gasteiger partial charge is 0.362 e. The minimum atomic E-state index is -0.886. The number of esters is 2. The second-order valence-electron chi connectivity index (χ2n) is 13.1. The number of unbranched alkanes of at least 4 members (excludes halogenated alkanes) is 9. The van der Waals surface area contributed by atoms with E-state index in [1.807, 2.05) is 21.1 Å². The summed E-state index contributed by atoms with van der Waals surface area (Å²) in [6.07, 6.45) is 33.1. The maximum absolute atomic E-state index is 12.6. The second-order valence-corrected chi connectivity index (χ2v) is 13.1. The third kappa shape index (κ3) is 29.2. The lowest BCUT2D eigenvalue weighted by Gasteiger charge is -2.31. The average molecular weight is 663 g/mol. The summed E-state index contributed by atoms with van der Waals surface area (Å²) in [4.78, 5) is 36.6. The Kier molecular flexibility index (Phi) is 28.8. The first-order valence-corrected chi connectivity index (χ1v) is 18.2. The third-order valence-corrected chi connectivity index (χ3v) is 7.71. The molecule has 0 aliphatic carbocycles. The van der Waals surface area contributed by atoms with Crippen molar-refractivity contribution in [2.24, 2.45) is 0 Å². The lowest BCUT2D eigenvalue weighted by Crippen LogP contribution is -2.50. The Morgan fingerprint density at radius 3 is 1.83 bits per heavy atom. The third-order valence-electron chi connectivity index (χ3n) is 7.71. The highest BCUT2D eigenvalue weighted by molar-refractivity contribution is 5.72. The van der Waals surface area contributed by atoms with Crippen molar-refractivity contribution >= 4 is 17.9 Å². The fourth-order valence-electron chi connectivity index (χ4n) is 4.87. The number of carboxylic acids is 1. The van der Waals surface area contributed by atoms with Crippen LogP contribution in [0.15, 0.2) is 48.6 Å². The van der Waals surface area contributed by atoms with Crippen molar-refractivity contribution < 1.29 is 38.2 Å². The van der Waals surface area contributed by atoms with Gasteiger partial charge in [0.2, 0.25) is 0 Å². The van der Waals surface area contributed by atoms with Gasteiger partial charge in [0, 0.05) is 19.3 Å². The first kappa shape index (κ1) is 44.3. The van der Waals surface area contributed by atoms with Crippen LogP contribution in [-0.2, 0) is 28.6 Å². The molecule has 270 valence electrons. The van der Waals surface area contributed by atoms with Crippen LogP contribution in [0.25, 0.3) is 0 Å². The molecule has 0 aromatic rings. The molecule has 0 amide bonds. The zero-order chi connectivity index (χ0) is 35.0. The van der Waals surface area contributed by atoms with Gasteiger partial charge in [-0.3, -0.25) is 9.59 Å². The number of likely N-dealkylation sites (N-methyl/N-ethyl adjacent to an activating group) is 1. The molecule has 0 bridgehead atoms. The molecule has 0 aromatic carbocycles. The number of allylic oxidation sites excluding steroid dienone is 8. The van der Waals surface area contributed by atoms with Crippen LogP contribution in [0.2, 0.25) is 0 Å². The predicted octanol–water partition coefficient (Wildman–Crippen LogP) is 8.90. The average Bonchev–Trinajstić information content (AvgIpc) is 3.01. The number of carbonyl (C=O) groups excluding carboxylic acids is 2. The molecule has 0 fully saturated rings. The number of quaternary nitrogens is 1. The minimum absolute atomic E-state index is 0.0411. The van der Waals surface area contributed by atoms with E-state index >= 15 is 0 Å². The highest BCUT2D eigenvalue weighted by Gasteiger charge is 2.31. The minimum Gasteiger partial charge on any atom is -0.477 e. The van der Waals surface area contributed by atoms with E-state index < -0.39 is 18.1 Å². The summed E-state index contributed by atoms with van der Waals surface area (Å²) in [5.74, 6) is -1.55. The molecule has 0 aliphatic heterocycles. The van der Waals surface area contributed by atoms with E-state index in [9.17, 15) is 19.5 Å². The molecule has 2 unspecified atom stereocenters. The molecule has 0 aromatic heterocycles. The molecule has 0 radical (unpaired) electrons. The standard InChI is InChI=1S/C39H67NO7/c1-6-8-10-12-14-16-17-18-19-20-22-23-25-27-29-37(41)46-34-35(33-45-32-31-36(39(43)44)40(3,4)5)47-38(42)30-28-26-24-21-15-13-11-9-7-2/h8,10,14,16,18-19,21,24,35-36H,6-7,9,11-13,15,17,20,22-23,25-34H2,1-5H3/p+1/b10-8+,16-14+,19-18+,24-21+. The molecule has 0 rings (SSSR count). The highest BCUT2D eigenvalue weighted by atomic mass is 16.6. The van der Waals surface area contributed by atoms with E-state index in [4.69, 9.17) is 14.2 Å². The Morgan fingerprint density at radius 1 is 0.660 bits per heavy atom. The van der Waals surface area contributed by atoms with E-state index in [1.54, 1.807) is 0 Å². The van der Waals surface area contributed by atoms with Gasteiger partial charge in [-0.1, -0.05) is 94.6 Å². The van der Waals surface area contributed by atoms with E-state index in [-0.39, 0.29) is 42.7 Å². The first-order valence-electron chi connectivity index (χ1n) is 18.2. The van der Waals surface area contributed by atoms with Crippen molar-refractivity contribution in [1.29, 1.82) is 0 Å². The van der Waals surface area contributed by atoms with Gasteiger partial charge in [-0.2, -0.15) is 0 Å². The Hall–Kier alpha value is -2.71. The zero-order valence-electron chi connectivity index (χ0n) is 30.5. The summed E-state index contributed by atoms with van der Waals surface area (Å²) < 4.78 is 17.1. The highest BCUT2D eigenvalue weighted by Crippen LogP contribution is 2.11. The quantitative estimate of drug-likeness (QED) is 0.0343. The van der Waals surface area contributed by atoms with Gasteiger partial charge in [-0.15, -0.1) is 0 Å². The molecule has 0 spiro atoms. The normalized spacial score (nSPS) is 13.6. The van der Waals surface area contributed by atoms with Gasteiger partial charge in [0.15, 0.2) is 12.1 Å². The van der Waals surface area contributed by atoms with Crippen LogP contribution in [0.3, 0.4) is 0 Å². The molecule has 47 heavy (non-hydrogen) atoms. The Morgan fingerprint density at radius 2 is 1.21 bits per heavy atom. The van der Waals surface area contributed by atoms with Crippen LogP contribution in [0, 0.1) is 0 Å². The lowest BCUT2D eigenvalue weighted by molar-refractivity contribution is -0.887. The summed E-state index contributed by atoms with van der Waals surface area (Å²) in [5.41, 5.74) is 0. The number of carboxylic acid groups (broad SMARTS) is 1. The van der Waals surface area contributed by atoms with E-state index in [2.05, 4.69) is 62.5 Å². The Bertz CT molecular complexity index is 917. The SMILES string of the molecule is CC/C=C/C/C=C/C/C=C/CCCCCCC(=O)OCC(COCCC(C(=O)O)[N+](C)(C)C)OC(=O)CCC/C=C/CCCCCC. The molecular weight excluding hydrogens is 594 g/mol. The van der Waals surface area contributed by atoms with Crippen LogP contribution < -0.4 is 0 Å². The Balaban J connectivity index is 4.50. The van der Waals surface area contributed by atoms with Gasteiger partial charge in [0.05, 0.1) is 34.4 Å². The van der Waals surface area contributed by atoms with Crippen LogP contribution in [0.4, 0.5) is 0 Å². The monoisotopic (exact) mass is 662 g/mol. The summed E-state index contributed by atoms with van der Waals surface area (Å²) in [5, 5.41) is 9.56. The number of nitrogens with zero attached hydrogens (tertiary/aromatic N) is 1. The number of ether oxygens (including phenoxy) is 3. The summed E-state index contributed by atoms with van der Waals surface area (Å²) in [7, 11) is 5.49. The fourth-order valence-corrected chi connectivity index (χ4v) is 4.87. The van der Waals surface area contributed by atoms with Gasteiger partial charge in [0.25, 0.3) is 0 Å².